The number of nitrogens with two attached hydrogens (primary N) is 1. The smallest absolute Gasteiger partial charge is 0.427 e. The van der Waals surface area contributed by atoms with Crippen molar-refractivity contribution in [2.75, 3.05) is 46.8 Å². The van der Waals surface area contributed by atoms with Crippen LogP contribution in [-0.2, 0) is 10.2 Å². The van der Waals surface area contributed by atoms with Crippen LogP contribution in [0, 0.1) is 5.92 Å². The zero-order valence-corrected chi connectivity index (χ0v) is 15.2. The first-order chi connectivity index (χ1) is 10.7. The molecule has 1 aliphatic rings. The number of likely N-dealkylation sites (N-methyl/N-ethyl adjacent to an activating group) is 2. The van der Waals surface area contributed by atoms with E-state index in [0.717, 1.165) is 0 Å². The van der Waals surface area contributed by atoms with Crippen molar-refractivity contribution < 1.29 is 18.5 Å². The molecule has 2 atom stereocenters. The first-order valence-electron chi connectivity index (χ1n) is 8.20. The Morgan fingerprint density at radius 1 is 1.26 bits per heavy atom. The molecular weight excluding hydrogens is 319 g/mol. The quantitative estimate of drug-likeness (QED) is 0.419. The average molecular weight is 350 g/mol. The Bertz CT molecular complexity index is 449. The summed E-state index contributed by atoms with van der Waals surface area (Å²) in [6.07, 6.45) is 1.62. The van der Waals surface area contributed by atoms with E-state index >= 15 is 0 Å². The molecule has 0 saturated carbocycles. The van der Waals surface area contributed by atoms with Crippen LogP contribution in [0.25, 0.3) is 0 Å². The maximum Gasteiger partial charge on any atom is 0.451 e. The predicted octanol–water partition coefficient (Wildman–Crippen LogP) is -1.37. The molecule has 0 radical (unpaired) electrons. The first kappa shape index (κ1) is 20.8. The Morgan fingerprint density at radius 3 is 2.43 bits per heavy atom. The van der Waals surface area contributed by atoms with E-state index in [1.54, 1.807) is 0 Å². The van der Waals surface area contributed by atoms with Gasteiger partial charge in [-0.3, -0.25) is 0 Å². The molecule has 0 aromatic heterocycles. The fraction of sp³-hybridized carbons (Fsp3) is 1.00. The lowest BCUT2D eigenvalue weighted by Gasteiger charge is -2.27. The Labute approximate surface area is 140 Å². The van der Waals surface area contributed by atoms with E-state index in [1.807, 2.05) is 25.9 Å². The highest BCUT2D eigenvalue weighted by Crippen LogP contribution is 2.25. The summed E-state index contributed by atoms with van der Waals surface area (Å²) in [6, 6.07) is -0.201. The number of rotatable bonds is 10. The van der Waals surface area contributed by atoms with Crippen LogP contribution in [0.2, 0.25) is 6.32 Å². The van der Waals surface area contributed by atoms with Crippen molar-refractivity contribution >= 4 is 17.3 Å². The number of hydrogen-bond donors (Lipinski definition) is 3. The molecule has 10 heteroatoms. The highest BCUT2D eigenvalue weighted by atomic mass is 32.2. The zero-order chi connectivity index (χ0) is 17.6. The monoisotopic (exact) mass is 350 g/mol. The van der Waals surface area contributed by atoms with E-state index in [1.165, 1.54) is 8.61 Å². The van der Waals surface area contributed by atoms with Gasteiger partial charge in [-0.25, -0.2) is 0 Å². The summed E-state index contributed by atoms with van der Waals surface area (Å²) in [5, 5.41) is 17.8. The minimum absolute atomic E-state index is 0.0658. The summed E-state index contributed by atoms with van der Waals surface area (Å²) in [5.41, 5.74) is 6.09. The molecule has 0 amide bonds. The Hall–Kier alpha value is -0.225. The molecule has 4 N–H and O–H groups in total. The van der Waals surface area contributed by atoms with Crippen LogP contribution in [-0.4, -0.2) is 92.0 Å². The van der Waals surface area contributed by atoms with Crippen LogP contribution < -0.4 is 5.73 Å². The highest BCUT2D eigenvalue weighted by Gasteiger charge is 2.38. The third kappa shape index (κ3) is 6.30. The predicted molar refractivity (Wildman–Crippen MR) is 92.0 cm³/mol. The molecule has 1 saturated heterocycles. The molecule has 0 aliphatic carbocycles. The average Bonchev–Trinajstić information content (AvgIpc) is 2.81. The van der Waals surface area contributed by atoms with Gasteiger partial charge in [0.1, 0.15) is 0 Å². The maximum absolute atomic E-state index is 12.7. The zero-order valence-electron chi connectivity index (χ0n) is 14.4. The van der Waals surface area contributed by atoms with E-state index in [4.69, 9.17) is 15.8 Å². The number of hydrogen-bond acceptors (Lipinski definition) is 6. The fourth-order valence-corrected chi connectivity index (χ4v) is 4.53. The maximum atomic E-state index is 12.7. The minimum Gasteiger partial charge on any atom is -0.427 e. The van der Waals surface area contributed by atoms with E-state index in [2.05, 4.69) is 0 Å². The van der Waals surface area contributed by atoms with Crippen LogP contribution in [0.3, 0.4) is 0 Å². The SMILES string of the molecule is CCN(CCN(C)C)S(=O)(=O)N1C[C@H](CCCB(O)O)[C@@H](N)C1. The van der Waals surface area contributed by atoms with Crippen LogP contribution >= 0.6 is 0 Å². The van der Waals surface area contributed by atoms with Crippen LogP contribution in [0.15, 0.2) is 0 Å². The lowest BCUT2D eigenvalue weighted by Crippen LogP contribution is -2.45. The van der Waals surface area contributed by atoms with Crippen molar-refractivity contribution in [3.63, 3.8) is 0 Å². The van der Waals surface area contributed by atoms with E-state index in [0.29, 0.717) is 51.9 Å². The van der Waals surface area contributed by atoms with E-state index < -0.39 is 17.3 Å². The Balaban J connectivity index is 2.62. The Morgan fingerprint density at radius 2 is 1.91 bits per heavy atom. The second-order valence-corrected chi connectivity index (χ2v) is 8.38. The fourth-order valence-electron chi connectivity index (χ4n) is 2.82. The summed E-state index contributed by atoms with van der Waals surface area (Å²) < 4.78 is 28.4. The molecular formula is C13H31BN4O4S. The van der Waals surface area contributed by atoms with Crippen molar-refractivity contribution in [1.29, 1.82) is 0 Å². The van der Waals surface area contributed by atoms with Crippen LogP contribution in [0.4, 0.5) is 0 Å². The standard InChI is InChI=1S/C13H31BN4O4S/c1-4-17(9-8-16(2)3)23(21,22)18-10-12(13(15)11-18)6-5-7-14(19)20/h12-13,19-20H,4-11,15H2,1-3H3/t12-,13-/m0/s1. The normalized spacial score (nSPS) is 23.1. The van der Waals surface area contributed by atoms with Crippen LogP contribution in [0.1, 0.15) is 19.8 Å². The number of nitrogens with zero attached hydrogens (tertiary/aromatic N) is 3. The summed E-state index contributed by atoms with van der Waals surface area (Å²) >= 11 is 0. The summed E-state index contributed by atoms with van der Waals surface area (Å²) in [7, 11) is -0.974. The minimum atomic E-state index is -3.49. The van der Waals surface area contributed by atoms with Crippen molar-refractivity contribution in [2.45, 2.75) is 32.1 Å². The largest absolute Gasteiger partial charge is 0.451 e. The third-order valence-corrected chi connectivity index (χ3v) is 6.34. The first-order valence-corrected chi connectivity index (χ1v) is 9.59. The van der Waals surface area contributed by atoms with Gasteiger partial charge in [-0.05, 0) is 32.8 Å². The Kier molecular flexibility index (Phi) is 8.43. The van der Waals surface area contributed by atoms with Crippen molar-refractivity contribution in [1.82, 2.24) is 13.5 Å². The van der Waals surface area contributed by atoms with Gasteiger partial charge in [0, 0.05) is 38.8 Å². The second kappa shape index (κ2) is 9.31. The summed E-state index contributed by atoms with van der Waals surface area (Å²) in [4.78, 5) is 1.96. The van der Waals surface area contributed by atoms with Gasteiger partial charge >= 0.3 is 7.12 Å². The molecule has 0 aromatic carbocycles. The van der Waals surface area contributed by atoms with Crippen molar-refractivity contribution in [3.05, 3.63) is 0 Å². The molecule has 1 aliphatic heterocycles. The van der Waals surface area contributed by atoms with E-state index in [-0.39, 0.29) is 12.0 Å². The summed E-state index contributed by atoms with van der Waals surface area (Å²) in [5.74, 6) is 0.0658. The van der Waals surface area contributed by atoms with Gasteiger partial charge in [0.2, 0.25) is 0 Å². The molecule has 23 heavy (non-hydrogen) atoms. The molecule has 1 fully saturated rings. The topological polar surface area (TPSA) is 110 Å². The lowest BCUT2D eigenvalue weighted by molar-refractivity contribution is 0.317. The molecule has 1 heterocycles. The van der Waals surface area contributed by atoms with Gasteiger partial charge in [0.25, 0.3) is 10.2 Å². The molecule has 0 unspecified atom stereocenters. The lowest BCUT2D eigenvalue weighted by atomic mass is 9.82. The van der Waals surface area contributed by atoms with Crippen molar-refractivity contribution in [3.8, 4) is 0 Å². The molecule has 0 spiro atoms. The molecule has 0 aromatic rings. The van der Waals surface area contributed by atoms with Gasteiger partial charge < -0.3 is 20.7 Å². The second-order valence-electron chi connectivity index (χ2n) is 6.46. The van der Waals surface area contributed by atoms with Gasteiger partial charge in [-0.15, -0.1) is 0 Å². The van der Waals surface area contributed by atoms with Crippen molar-refractivity contribution in [2.24, 2.45) is 11.7 Å². The highest BCUT2D eigenvalue weighted by molar-refractivity contribution is 7.86. The van der Waals surface area contributed by atoms with Gasteiger partial charge in [-0.2, -0.15) is 17.0 Å². The molecule has 1 rings (SSSR count). The van der Waals surface area contributed by atoms with Gasteiger partial charge in [0.05, 0.1) is 0 Å². The molecule has 0 bridgehead atoms. The van der Waals surface area contributed by atoms with Gasteiger partial charge in [0.15, 0.2) is 0 Å². The van der Waals surface area contributed by atoms with Gasteiger partial charge in [-0.1, -0.05) is 13.3 Å². The summed E-state index contributed by atoms with van der Waals surface area (Å²) in [6.45, 7) is 4.13. The van der Waals surface area contributed by atoms with Crippen LogP contribution in [0.5, 0.6) is 0 Å². The third-order valence-electron chi connectivity index (χ3n) is 4.30. The molecule has 8 nitrogen and oxygen atoms in total. The van der Waals surface area contributed by atoms with E-state index in [9.17, 15) is 8.42 Å². The molecule has 136 valence electrons.